The molecular formula is C13H20BrNO2S. The highest BCUT2D eigenvalue weighted by atomic mass is 79.9. The van der Waals surface area contributed by atoms with Gasteiger partial charge >= 0.3 is 0 Å². The van der Waals surface area contributed by atoms with Gasteiger partial charge in [-0.15, -0.1) is 4.72 Å². The van der Waals surface area contributed by atoms with Gasteiger partial charge in [-0.1, -0.05) is 15.9 Å². The van der Waals surface area contributed by atoms with E-state index in [0.29, 0.717) is 0 Å². The van der Waals surface area contributed by atoms with Crippen molar-refractivity contribution in [3.63, 3.8) is 0 Å². The summed E-state index contributed by atoms with van der Waals surface area (Å²) in [6, 6.07) is 5.84. The number of hydrogen-bond acceptors (Lipinski definition) is 3. The number of halogens is 1. The van der Waals surface area contributed by atoms with Gasteiger partial charge in [0.05, 0.1) is 13.2 Å². The Bertz CT molecular complexity index is 406. The highest BCUT2D eigenvalue weighted by Gasteiger charge is 2.28. The van der Waals surface area contributed by atoms with Crippen LogP contribution < -0.4 is 9.46 Å². The lowest BCUT2D eigenvalue weighted by Crippen LogP contribution is -2.40. The minimum Gasteiger partial charge on any atom is -0.598 e. The highest BCUT2D eigenvalue weighted by molar-refractivity contribution is 9.10. The fraction of sp³-hybridized carbons (Fsp3) is 0.538. The molecule has 2 atom stereocenters. The van der Waals surface area contributed by atoms with E-state index in [-0.39, 0.29) is 10.8 Å². The van der Waals surface area contributed by atoms with Gasteiger partial charge in [-0.25, -0.2) is 0 Å². The molecule has 0 saturated carbocycles. The zero-order valence-electron chi connectivity index (χ0n) is 11.4. The Morgan fingerprint density at radius 1 is 1.33 bits per heavy atom. The Morgan fingerprint density at radius 2 is 1.94 bits per heavy atom. The molecule has 0 radical (unpaired) electrons. The molecule has 3 nitrogen and oxygen atoms in total. The number of ether oxygens (including phenoxy) is 1. The van der Waals surface area contributed by atoms with Crippen molar-refractivity contribution in [3.8, 4) is 5.75 Å². The molecule has 0 fully saturated rings. The molecule has 0 bridgehead atoms. The van der Waals surface area contributed by atoms with Gasteiger partial charge in [0.1, 0.15) is 10.5 Å². The second-order valence-corrected chi connectivity index (χ2v) is 8.06. The first kappa shape index (κ1) is 15.8. The fourth-order valence-corrected chi connectivity index (χ4v) is 2.66. The molecule has 0 spiro atoms. The van der Waals surface area contributed by atoms with Crippen LogP contribution >= 0.6 is 15.9 Å². The van der Waals surface area contributed by atoms with Crippen molar-refractivity contribution in [2.45, 2.75) is 38.5 Å². The lowest BCUT2D eigenvalue weighted by molar-refractivity contribution is 0.413. The van der Waals surface area contributed by atoms with Gasteiger partial charge in [-0.3, -0.25) is 0 Å². The Kier molecular flexibility index (Phi) is 5.52. The zero-order valence-corrected chi connectivity index (χ0v) is 13.8. The number of nitrogens with one attached hydrogen (secondary N) is 1. The SMILES string of the molecule is COc1cc(Br)cc(C(C)N[S+]([O-])C(C)(C)C)c1. The van der Waals surface area contributed by atoms with Crippen LogP contribution in [0.1, 0.15) is 39.3 Å². The summed E-state index contributed by atoms with van der Waals surface area (Å²) < 4.78 is 21.1. The Labute approximate surface area is 121 Å². The third-order valence-electron chi connectivity index (χ3n) is 2.47. The Morgan fingerprint density at radius 3 is 2.44 bits per heavy atom. The van der Waals surface area contributed by atoms with Crippen molar-refractivity contribution >= 4 is 27.3 Å². The second kappa shape index (κ2) is 6.28. The van der Waals surface area contributed by atoms with Crippen LogP contribution in [0.25, 0.3) is 0 Å². The first-order valence-electron chi connectivity index (χ1n) is 5.76. The molecular weight excluding hydrogens is 314 g/mol. The van der Waals surface area contributed by atoms with Crippen molar-refractivity contribution in [1.82, 2.24) is 4.72 Å². The van der Waals surface area contributed by atoms with Gasteiger partial charge in [0.25, 0.3) is 0 Å². The molecule has 0 amide bonds. The van der Waals surface area contributed by atoms with E-state index < -0.39 is 11.4 Å². The molecule has 0 aliphatic carbocycles. The van der Waals surface area contributed by atoms with E-state index >= 15 is 0 Å². The van der Waals surface area contributed by atoms with Crippen LogP contribution in [-0.2, 0) is 11.4 Å². The van der Waals surface area contributed by atoms with Gasteiger partial charge < -0.3 is 9.29 Å². The summed E-state index contributed by atoms with van der Waals surface area (Å²) >= 11 is 2.35. The van der Waals surface area contributed by atoms with Gasteiger partial charge in [0, 0.05) is 15.8 Å². The summed E-state index contributed by atoms with van der Waals surface area (Å²) in [5.41, 5.74) is 1.04. The second-order valence-electron chi connectivity index (χ2n) is 5.15. The Hall–Kier alpha value is -0.230. The van der Waals surface area contributed by atoms with Crippen molar-refractivity contribution in [2.24, 2.45) is 0 Å². The fourth-order valence-electron chi connectivity index (χ4n) is 1.36. The minimum atomic E-state index is -1.09. The maximum absolute atomic E-state index is 12.0. The quantitative estimate of drug-likeness (QED) is 0.856. The predicted molar refractivity (Wildman–Crippen MR) is 80.1 cm³/mol. The molecule has 1 aromatic rings. The van der Waals surface area contributed by atoms with Crippen LogP contribution in [0.5, 0.6) is 5.75 Å². The highest BCUT2D eigenvalue weighted by Crippen LogP contribution is 2.26. The van der Waals surface area contributed by atoms with Gasteiger partial charge in [-0.05, 0) is 51.5 Å². The molecule has 102 valence electrons. The molecule has 0 saturated heterocycles. The summed E-state index contributed by atoms with van der Waals surface area (Å²) in [5, 5.41) is 0. The molecule has 1 aromatic carbocycles. The van der Waals surface area contributed by atoms with Crippen molar-refractivity contribution in [1.29, 1.82) is 0 Å². The van der Waals surface area contributed by atoms with E-state index in [0.717, 1.165) is 15.8 Å². The smallest absolute Gasteiger partial charge is 0.136 e. The number of rotatable bonds is 4. The first-order chi connectivity index (χ1) is 8.24. The largest absolute Gasteiger partial charge is 0.598 e. The predicted octanol–water partition coefficient (Wildman–Crippen LogP) is 3.57. The molecule has 0 aromatic heterocycles. The van der Waals surface area contributed by atoms with E-state index in [2.05, 4.69) is 20.7 Å². The molecule has 2 unspecified atom stereocenters. The first-order valence-corrected chi connectivity index (χ1v) is 7.71. The standard InChI is InChI=1S/C13H20BrNO2S/c1-9(15-18(16)13(2,3)4)10-6-11(14)8-12(7-10)17-5/h6-9,15H,1-5H3. The van der Waals surface area contributed by atoms with Crippen LogP contribution in [-0.4, -0.2) is 16.4 Å². The van der Waals surface area contributed by atoms with Crippen molar-refractivity contribution in [2.75, 3.05) is 7.11 Å². The van der Waals surface area contributed by atoms with Crippen molar-refractivity contribution < 1.29 is 9.29 Å². The van der Waals surface area contributed by atoms with E-state index in [1.165, 1.54) is 0 Å². The monoisotopic (exact) mass is 333 g/mol. The van der Waals surface area contributed by atoms with Crippen LogP contribution in [0.3, 0.4) is 0 Å². The Balaban J connectivity index is 2.84. The van der Waals surface area contributed by atoms with Crippen LogP contribution in [0, 0.1) is 0 Å². The molecule has 18 heavy (non-hydrogen) atoms. The van der Waals surface area contributed by atoms with Gasteiger partial charge in [-0.2, -0.15) is 0 Å². The number of benzene rings is 1. The van der Waals surface area contributed by atoms with Crippen LogP contribution in [0.4, 0.5) is 0 Å². The summed E-state index contributed by atoms with van der Waals surface area (Å²) in [5.74, 6) is 0.787. The average Bonchev–Trinajstić information content (AvgIpc) is 2.26. The maximum Gasteiger partial charge on any atom is 0.136 e. The maximum atomic E-state index is 12.0. The van der Waals surface area contributed by atoms with Crippen LogP contribution in [0.2, 0.25) is 0 Å². The third kappa shape index (κ3) is 4.46. The summed E-state index contributed by atoms with van der Waals surface area (Å²) in [6.45, 7) is 7.84. The lowest BCUT2D eigenvalue weighted by Gasteiger charge is -2.26. The zero-order chi connectivity index (χ0) is 13.9. The summed E-state index contributed by atoms with van der Waals surface area (Å²) in [4.78, 5) is 0. The molecule has 0 aliphatic heterocycles. The van der Waals surface area contributed by atoms with E-state index in [9.17, 15) is 4.55 Å². The minimum absolute atomic E-state index is 0.00328. The van der Waals surface area contributed by atoms with Gasteiger partial charge in [0.2, 0.25) is 0 Å². The summed E-state index contributed by atoms with van der Waals surface area (Å²) in [7, 11) is 1.64. The molecule has 1 N–H and O–H groups in total. The van der Waals surface area contributed by atoms with E-state index in [1.54, 1.807) is 7.11 Å². The normalized spacial score (nSPS) is 15.3. The third-order valence-corrected chi connectivity index (χ3v) is 4.61. The molecule has 5 heteroatoms. The molecule has 1 rings (SSSR count). The van der Waals surface area contributed by atoms with Crippen molar-refractivity contribution in [3.05, 3.63) is 28.2 Å². The van der Waals surface area contributed by atoms with Crippen LogP contribution in [0.15, 0.2) is 22.7 Å². The lowest BCUT2D eigenvalue weighted by atomic mass is 10.1. The average molecular weight is 334 g/mol. The van der Waals surface area contributed by atoms with Gasteiger partial charge in [0.15, 0.2) is 0 Å². The molecule has 0 heterocycles. The number of hydrogen-bond donors (Lipinski definition) is 1. The van der Waals surface area contributed by atoms with E-state index in [4.69, 9.17) is 4.74 Å². The topological polar surface area (TPSA) is 44.3 Å². The summed E-state index contributed by atoms with van der Waals surface area (Å²) in [6.07, 6.45) is 0. The number of methoxy groups -OCH3 is 1. The molecule has 0 aliphatic rings. The van der Waals surface area contributed by atoms with E-state index in [1.807, 2.05) is 45.9 Å².